The SMILES string of the molecule is CC(C)(C)OC(=O)N1CC([C@H](c2ccccc2)n2cc([N+](=O)[O-])cn2)C1. The summed E-state index contributed by atoms with van der Waals surface area (Å²) in [5.74, 6) is 0.101. The Morgan fingerprint density at radius 1 is 1.31 bits per heavy atom. The largest absolute Gasteiger partial charge is 0.444 e. The van der Waals surface area contributed by atoms with Crippen molar-refractivity contribution < 1.29 is 14.5 Å². The van der Waals surface area contributed by atoms with Crippen molar-refractivity contribution in [3.05, 3.63) is 58.4 Å². The first-order valence-electron chi connectivity index (χ1n) is 8.46. The molecule has 0 aliphatic carbocycles. The molecule has 1 aliphatic rings. The smallest absolute Gasteiger partial charge is 0.410 e. The molecule has 1 amide bonds. The summed E-state index contributed by atoms with van der Waals surface area (Å²) in [5, 5.41) is 15.2. The van der Waals surface area contributed by atoms with Crippen molar-refractivity contribution in [1.82, 2.24) is 14.7 Å². The van der Waals surface area contributed by atoms with Crippen LogP contribution < -0.4 is 0 Å². The number of ether oxygens (including phenoxy) is 1. The molecule has 1 aliphatic heterocycles. The second-order valence-electron chi connectivity index (χ2n) is 7.44. The van der Waals surface area contributed by atoms with Gasteiger partial charge in [0.1, 0.15) is 18.0 Å². The summed E-state index contributed by atoms with van der Waals surface area (Å²) in [7, 11) is 0. The first-order valence-corrected chi connectivity index (χ1v) is 8.46. The van der Waals surface area contributed by atoms with E-state index in [0.29, 0.717) is 13.1 Å². The summed E-state index contributed by atoms with van der Waals surface area (Å²) < 4.78 is 7.01. The lowest BCUT2D eigenvalue weighted by Gasteiger charge is -2.43. The van der Waals surface area contributed by atoms with Gasteiger partial charge in [0.15, 0.2) is 0 Å². The van der Waals surface area contributed by atoms with Crippen LogP contribution in [-0.4, -0.2) is 44.4 Å². The third-order valence-electron chi connectivity index (χ3n) is 4.23. The summed E-state index contributed by atoms with van der Waals surface area (Å²) >= 11 is 0. The predicted octanol–water partition coefficient (Wildman–Crippen LogP) is 3.25. The minimum Gasteiger partial charge on any atom is -0.444 e. The van der Waals surface area contributed by atoms with Crippen molar-refractivity contribution in [2.75, 3.05) is 13.1 Å². The zero-order chi connectivity index (χ0) is 18.9. The van der Waals surface area contributed by atoms with Crippen molar-refractivity contribution in [3.8, 4) is 0 Å². The summed E-state index contributed by atoms with van der Waals surface area (Å²) in [6.45, 7) is 6.53. The molecule has 1 aromatic heterocycles. The Balaban J connectivity index is 1.78. The van der Waals surface area contributed by atoms with Gasteiger partial charge in [-0.15, -0.1) is 0 Å². The maximum atomic E-state index is 12.2. The Morgan fingerprint density at radius 2 is 1.96 bits per heavy atom. The monoisotopic (exact) mass is 358 g/mol. The van der Waals surface area contributed by atoms with E-state index in [1.807, 2.05) is 51.1 Å². The molecule has 2 aromatic rings. The fourth-order valence-corrected chi connectivity index (χ4v) is 3.05. The van der Waals surface area contributed by atoms with E-state index < -0.39 is 10.5 Å². The fourth-order valence-electron chi connectivity index (χ4n) is 3.05. The van der Waals surface area contributed by atoms with E-state index in [9.17, 15) is 14.9 Å². The topological polar surface area (TPSA) is 90.5 Å². The average molecular weight is 358 g/mol. The molecule has 138 valence electrons. The van der Waals surface area contributed by atoms with Crippen molar-refractivity contribution in [2.24, 2.45) is 5.92 Å². The van der Waals surface area contributed by atoms with Crippen molar-refractivity contribution in [2.45, 2.75) is 32.4 Å². The minimum atomic E-state index is -0.538. The van der Waals surface area contributed by atoms with Gasteiger partial charge in [0.25, 0.3) is 0 Å². The number of carbonyl (C=O) groups is 1. The number of carbonyl (C=O) groups excluding carboxylic acids is 1. The lowest BCUT2D eigenvalue weighted by atomic mass is 9.87. The molecule has 1 atom stereocenters. The van der Waals surface area contributed by atoms with Crippen LogP contribution in [-0.2, 0) is 4.74 Å². The van der Waals surface area contributed by atoms with E-state index in [1.54, 1.807) is 9.58 Å². The van der Waals surface area contributed by atoms with Crippen molar-refractivity contribution in [1.29, 1.82) is 0 Å². The standard InChI is InChI=1S/C18H22N4O4/c1-18(2,3)26-17(23)20-10-14(11-20)16(13-7-5-4-6-8-13)21-12-15(9-19-21)22(24)25/h4-9,12,14,16H,10-11H2,1-3H3/t16-/m0/s1. The third-order valence-corrected chi connectivity index (χ3v) is 4.23. The van der Waals surface area contributed by atoms with Crippen LogP contribution in [0.2, 0.25) is 0 Å². The minimum absolute atomic E-state index is 0.0470. The van der Waals surface area contributed by atoms with E-state index in [-0.39, 0.29) is 23.7 Å². The molecule has 0 spiro atoms. The first-order chi connectivity index (χ1) is 12.2. The molecular weight excluding hydrogens is 336 g/mol. The quantitative estimate of drug-likeness (QED) is 0.618. The van der Waals surface area contributed by atoms with Gasteiger partial charge in [0.05, 0.1) is 11.0 Å². The van der Waals surface area contributed by atoms with Gasteiger partial charge in [-0.05, 0) is 26.3 Å². The zero-order valence-corrected chi connectivity index (χ0v) is 15.0. The van der Waals surface area contributed by atoms with Crippen LogP contribution >= 0.6 is 0 Å². The molecule has 1 saturated heterocycles. The fraction of sp³-hybridized carbons (Fsp3) is 0.444. The Morgan fingerprint density at radius 3 is 2.50 bits per heavy atom. The average Bonchev–Trinajstić information content (AvgIpc) is 2.99. The number of rotatable bonds is 4. The summed E-state index contributed by atoms with van der Waals surface area (Å²) in [6.07, 6.45) is 2.35. The molecule has 0 saturated carbocycles. The molecule has 8 nitrogen and oxygen atoms in total. The molecule has 2 heterocycles. The highest BCUT2D eigenvalue weighted by molar-refractivity contribution is 5.69. The Kier molecular flexibility index (Phi) is 4.67. The van der Waals surface area contributed by atoms with Crippen LogP contribution in [0.25, 0.3) is 0 Å². The maximum absolute atomic E-state index is 12.2. The second-order valence-corrected chi connectivity index (χ2v) is 7.44. The number of nitrogens with zero attached hydrogens (tertiary/aromatic N) is 4. The summed E-state index contributed by atoms with van der Waals surface area (Å²) in [6, 6.07) is 9.51. The van der Waals surface area contributed by atoms with Crippen LogP contribution in [0, 0.1) is 16.0 Å². The highest BCUT2D eigenvalue weighted by atomic mass is 16.6. The van der Waals surface area contributed by atoms with Crippen LogP contribution in [0.4, 0.5) is 10.5 Å². The normalized spacial score (nSPS) is 16.0. The highest BCUT2D eigenvalue weighted by Gasteiger charge is 2.40. The lowest BCUT2D eigenvalue weighted by molar-refractivity contribution is -0.385. The van der Waals surface area contributed by atoms with Gasteiger partial charge in [-0.1, -0.05) is 30.3 Å². The van der Waals surface area contributed by atoms with Gasteiger partial charge >= 0.3 is 11.8 Å². The molecule has 0 bridgehead atoms. The molecule has 8 heteroatoms. The van der Waals surface area contributed by atoms with E-state index in [4.69, 9.17) is 4.74 Å². The van der Waals surface area contributed by atoms with E-state index in [1.165, 1.54) is 12.4 Å². The first kappa shape index (κ1) is 17.9. The number of nitro groups is 1. The number of amides is 1. The second kappa shape index (κ2) is 6.78. The Labute approximate surface area is 151 Å². The number of hydrogen-bond donors (Lipinski definition) is 0. The molecule has 1 aromatic carbocycles. The Hall–Kier alpha value is -2.90. The molecule has 1 fully saturated rings. The predicted molar refractivity (Wildman–Crippen MR) is 94.8 cm³/mol. The van der Waals surface area contributed by atoms with Crippen molar-refractivity contribution >= 4 is 11.8 Å². The number of likely N-dealkylation sites (tertiary alicyclic amines) is 1. The molecular formula is C18H22N4O4. The van der Waals surface area contributed by atoms with Crippen LogP contribution in [0.3, 0.4) is 0 Å². The van der Waals surface area contributed by atoms with Crippen LogP contribution in [0.15, 0.2) is 42.7 Å². The van der Waals surface area contributed by atoms with E-state index >= 15 is 0 Å². The maximum Gasteiger partial charge on any atom is 0.410 e. The molecule has 3 rings (SSSR count). The van der Waals surface area contributed by atoms with Gasteiger partial charge in [-0.2, -0.15) is 5.10 Å². The molecule has 0 unspecified atom stereocenters. The Bertz CT molecular complexity index is 791. The van der Waals surface area contributed by atoms with Gasteiger partial charge < -0.3 is 9.64 Å². The van der Waals surface area contributed by atoms with Gasteiger partial charge in [-0.3, -0.25) is 14.8 Å². The zero-order valence-electron chi connectivity index (χ0n) is 15.0. The van der Waals surface area contributed by atoms with Crippen molar-refractivity contribution in [3.63, 3.8) is 0 Å². The van der Waals surface area contributed by atoms with Gasteiger partial charge in [0, 0.05) is 19.0 Å². The van der Waals surface area contributed by atoms with E-state index in [2.05, 4.69) is 5.10 Å². The summed E-state index contributed by atoms with van der Waals surface area (Å²) in [4.78, 5) is 24.3. The van der Waals surface area contributed by atoms with Gasteiger partial charge in [-0.25, -0.2) is 4.79 Å². The van der Waals surface area contributed by atoms with E-state index in [0.717, 1.165) is 5.56 Å². The lowest BCUT2D eigenvalue weighted by Crippen LogP contribution is -2.54. The van der Waals surface area contributed by atoms with Crippen LogP contribution in [0.5, 0.6) is 0 Å². The number of hydrogen-bond acceptors (Lipinski definition) is 5. The molecule has 0 radical (unpaired) electrons. The third kappa shape index (κ3) is 3.84. The highest BCUT2D eigenvalue weighted by Crippen LogP contribution is 2.34. The molecule has 0 N–H and O–H groups in total. The molecule has 26 heavy (non-hydrogen) atoms. The number of benzene rings is 1. The summed E-state index contributed by atoms with van der Waals surface area (Å²) in [5.41, 5.74) is 0.414. The number of aromatic nitrogens is 2. The van der Waals surface area contributed by atoms with Crippen LogP contribution in [0.1, 0.15) is 32.4 Å². The van der Waals surface area contributed by atoms with Gasteiger partial charge in [0.2, 0.25) is 0 Å².